The number of nitrogens with one attached hydrogen (secondary N) is 3. The Morgan fingerprint density at radius 2 is 1.39 bits per heavy atom. The van der Waals surface area contributed by atoms with Gasteiger partial charge in [-0.15, -0.1) is 0 Å². The van der Waals surface area contributed by atoms with Crippen LogP contribution in [-0.4, -0.2) is 25.0 Å². The van der Waals surface area contributed by atoms with E-state index in [2.05, 4.69) is 16.0 Å². The maximum atomic E-state index is 12.4. The van der Waals surface area contributed by atoms with Gasteiger partial charge < -0.3 is 20.7 Å². The summed E-state index contributed by atoms with van der Waals surface area (Å²) in [5, 5.41) is 8.87. The number of ether oxygens (including phenoxy) is 1. The Bertz CT molecular complexity index is 1020. The number of anilines is 3. The summed E-state index contributed by atoms with van der Waals surface area (Å²) in [5.74, 6) is 0.376. The maximum absolute atomic E-state index is 12.4. The van der Waals surface area contributed by atoms with E-state index in [1.807, 2.05) is 51.1 Å². The number of benzene rings is 3. The van der Waals surface area contributed by atoms with Crippen molar-refractivity contribution in [2.45, 2.75) is 20.8 Å². The third-order valence-corrected chi connectivity index (χ3v) is 4.76. The van der Waals surface area contributed by atoms with Crippen molar-refractivity contribution in [3.63, 3.8) is 0 Å². The number of hydrogen-bond acceptors (Lipinski definition) is 4. The molecule has 0 atom stereocenters. The zero-order valence-electron chi connectivity index (χ0n) is 18.0. The van der Waals surface area contributed by atoms with E-state index in [9.17, 15) is 9.59 Å². The first-order valence-electron chi connectivity index (χ1n) is 10.2. The molecule has 0 aromatic heterocycles. The Morgan fingerprint density at radius 3 is 2.00 bits per heavy atom. The molecule has 31 heavy (non-hydrogen) atoms. The van der Waals surface area contributed by atoms with Crippen molar-refractivity contribution < 1.29 is 14.3 Å². The second-order valence-electron chi connectivity index (χ2n) is 7.16. The van der Waals surface area contributed by atoms with E-state index in [-0.39, 0.29) is 18.4 Å². The van der Waals surface area contributed by atoms with Crippen molar-refractivity contribution in [3.05, 3.63) is 83.4 Å². The summed E-state index contributed by atoms with van der Waals surface area (Å²) >= 11 is 0. The van der Waals surface area contributed by atoms with E-state index in [0.29, 0.717) is 23.5 Å². The van der Waals surface area contributed by atoms with Crippen LogP contribution in [0.25, 0.3) is 0 Å². The predicted molar refractivity (Wildman–Crippen MR) is 125 cm³/mol. The molecule has 0 bridgehead atoms. The second kappa shape index (κ2) is 10.3. The van der Waals surface area contributed by atoms with Crippen LogP contribution in [0, 0.1) is 13.8 Å². The Balaban J connectivity index is 1.53. The summed E-state index contributed by atoms with van der Waals surface area (Å²) in [4.78, 5) is 24.7. The fraction of sp³-hybridized carbons (Fsp3) is 0.200. The van der Waals surface area contributed by atoms with Gasteiger partial charge in [-0.3, -0.25) is 9.59 Å². The number of carbonyl (C=O) groups is 2. The first kappa shape index (κ1) is 21.9. The van der Waals surface area contributed by atoms with E-state index in [1.54, 1.807) is 36.4 Å². The lowest BCUT2D eigenvalue weighted by Gasteiger charge is -2.13. The normalized spacial score (nSPS) is 10.3. The SMILES string of the molecule is CCOc1ccc(NC(=O)c2ccc(NC(=O)CNc3c(C)cccc3C)cc2)cc1. The number of rotatable bonds is 8. The molecule has 2 amide bonds. The van der Waals surface area contributed by atoms with Crippen LogP contribution < -0.4 is 20.7 Å². The molecule has 0 heterocycles. The molecular formula is C25H27N3O3. The zero-order valence-corrected chi connectivity index (χ0v) is 18.0. The number of para-hydroxylation sites is 1. The highest BCUT2D eigenvalue weighted by Crippen LogP contribution is 2.19. The second-order valence-corrected chi connectivity index (χ2v) is 7.16. The van der Waals surface area contributed by atoms with Crippen LogP contribution in [-0.2, 0) is 4.79 Å². The van der Waals surface area contributed by atoms with Gasteiger partial charge in [0.25, 0.3) is 5.91 Å². The van der Waals surface area contributed by atoms with E-state index in [1.165, 1.54) is 0 Å². The van der Waals surface area contributed by atoms with Gasteiger partial charge in [0.2, 0.25) is 5.91 Å². The van der Waals surface area contributed by atoms with Crippen LogP contribution in [0.15, 0.2) is 66.7 Å². The molecule has 6 heteroatoms. The largest absolute Gasteiger partial charge is 0.494 e. The van der Waals surface area contributed by atoms with Gasteiger partial charge in [-0.1, -0.05) is 18.2 Å². The Hall–Kier alpha value is -3.80. The van der Waals surface area contributed by atoms with Crippen LogP contribution in [0.4, 0.5) is 17.1 Å². The fourth-order valence-electron chi connectivity index (χ4n) is 3.18. The van der Waals surface area contributed by atoms with E-state index in [0.717, 1.165) is 22.6 Å². The van der Waals surface area contributed by atoms with Crippen LogP contribution in [0.1, 0.15) is 28.4 Å². The van der Waals surface area contributed by atoms with Gasteiger partial charge in [-0.25, -0.2) is 0 Å². The van der Waals surface area contributed by atoms with Gasteiger partial charge in [0.05, 0.1) is 13.2 Å². The number of amides is 2. The van der Waals surface area contributed by atoms with Gasteiger partial charge in [0.1, 0.15) is 5.75 Å². The molecule has 160 valence electrons. The first-order chi connectivity index (χ1) is 15.0. The maximum Gasteiger partial charge on any atom is 0.255 e. The number of carbonyl (C=O) groups excluding carboxylic acids is 2. The molecule has 3 N–H and O–H groups in total. The highest BCUT2D eigenvalue weighted by atomic mass is 16.5. The molecule has 0 fully saturated rings. The summed E-state index contributed by atoms with van der Waals surface area (Å²) in [5.41, 5.74) is 4.97. The highest BCUT2D eigenvalue weighted by Gasteiger charge is 2.09. The van der Waals surface area contributed by atoms with Crippen molar-refractivity contribution in [2.75, 3.05) is 29.1 Å². The minimum atomic E-state index is -0.223. The topological polar surface area (TPSA) is 79.5 Å². The number of aryl methyl sites for hydroxylation is 2. The molecule has 6 nitrogen and oxygen atoms in total. The summed E-state index contributed by atoms with van der Waals surface area (Å²) in [6.07, 6.45) is 0. The highest BCUT2D eigenvalue weighted by molar-refractivity contribution is 6.04. The monoisotopic (exact) mass is 417 g/mol. The average Bonchev–Trinajstić information content (AvgIpc) is 2.75. The molecule has 3 rings (SSSR count). The first-order valence-corrected chi connectivity index (χ1v) is 10.2. The van der Waals surface area contributed by atoms with Gasteiger partial charge in [-0.05, 0) is 80.4 Å². The minimum absolute atomic E-state index is 0.158. The van der Waals surface area contributed by atoms with Gasteiger partial charge in [0, 0.05) is 22.6 Å². The lowest BCUT2D eigenvalue weighted by atomic mass is 10.1. The Morgan fingerprint density at radius 1 is 0.806 bits per heavy atom. The molecule has 0 unspecified atom stereocenters. The fourth-order valence-corrected chi connectivity index (χ4v) is 3.18. The van der Waals surface area contributed by atoms with Crippen molar-refractivity contribution in [1.29, 1.82) is 0 Å². The Labute approximate surface area is 182 Å². The molecule has 0 saturated carbocycles. The third-order valence-electron chi connectivity index (χ3n) is 4.76. The quantitative estimate of drug-likeness (QED) is 0.482. The van der Waals surface area contributed by atoms with Gasteiger partial charge in [-0.2, -0.15) is 0 Å². The van der Waals surface area contributed by atoms with Crippen molar-refractivity contribution >= 4 is 28.9 Å². The minimum Gasteiger partial charge on any atom is -0.494 e. The summed E-state index contributed by atoms with van der Waals surface area (Å²) < 4.78 is 5.40. The molecule has 0 radical (unpaired) electrons. The van der Waals surface area contributed by atoms with Crippen molar-refractivity contribution in [2.24, 2.45) is 0 Å². The predicted octanol–water partition coefficient (Wildman–Crippen LogP) is 5.01. The lowest BCUT2D eigenvalue weighted by molar-refractivity contribution is -0.114. The average molecular weight is 418 g/mol. The molecule has 0 spiro atoms. The zero-order chi connectivity index (χ0) is 22.2. The van der Waals surface area contributed by atoms with Crippen LogP contribution >= 0.6 is 0 Å². The van der Waals surface area contributed by atoms with E-state index >= 15 is 0 Å². The molecule has 0 aliphatic carbocycles. The molecule has 0 saturated heterocycles. The van der Waals surface area contributed by atoms with Crippen molar-refractivity contribution in [1.82, 2.24) is 0 Å². The van der Waals surface area contributed by atoms with Gasteiger partial charge >= 0.3 is 0 Å². The summed E-state index contributed by atoms with van der Waals surface area (Å²) in [6.45, 7) is 6.68. The molecule has 0 aliphatic heterocycles. The molecule has 3 aromatic carbocycles. The van der Waals surface area contributed by atoms with Gasteiger partial charge in [0.15, 0.2) is 0 Å². The van der Waals surface area contributed by atoms with E-state index < -0.39 is 0 Å². The third kappa shape index (κ3) is 6.09. The molecular weight excluding hydrogens is 390 g/mol. The summed E-state index contributed by atoms with van der Waals surface area (Å²) in [6, 6.07) is 20.0. The van der Waals surface area contributed by atoms with Crippen LogP contribution in [0.3, 0.4) is 0 Å². The van der Waals surface area contributed by atoms with Crippen LogP contribution in [0.2, 0.25) is 0 Å². The van der Waals surface area contributed by atoms with Crippen LogP contribution in [0.5, 0.6) is 5.75 Å². The van der Waals surface area contributed by atoms with E-state index in [4.69, 9.17) is 4.74 Å². The lowest BCUT2D eigenvalue weighted by Crippen LogP contribution is -2.22. The molecule has 0 aliphatic rings. The number of hydrogen-bond donors (Lipinski definition) is 3. The molecule has 3 aromatic rings. The Kier molecular flexibility index (Phi) is 7.27. The standard InChI is InChI=1S/C25H27N3O3/c1-4-31-22-14-12-21(13-15-22)28-25(30)19-8-10-20(11-9-19)27-23(29)16-26-24-17(2)6-5-7-18(24)3/h5-15,26H,4,16H2,1-3H3,(H,27,29)(H,28,30). The van der Waals surface area contributed by atoms with Crippen molar-refractivity contribution in [3.8, 4) is 5.75 Å². The summed E-state index contributed by atoms with van der Waals surface area (Å²) in [7, 11) is 0. The smallest absolute Gasteiger partial charge is 0.255 e.